The van der Waals surface area contributed by atoms with Crippen LogP contribution in [0.1, 0.15) is 54.1 Å². The number of methoxy groups -OCH3 is 1. The number of rotatable bonds is 2. The first-order valence-electron chi connectivity index (χ1n) is 14.1. The standard InChI is InChI=1S/C31H36N4O4/c1-38-28-12-11-21-18-29(28)39-16-3-2-14-34(31(37)24-7-4-9-25-23(24)8-5-13-32-25)20-30(36)33-19-22-17-27(21)35-15-6-10-26(22)35/h4-5,7-9,11-13,18,22,26-27H,2-3,6,10,14-17,19-20H2,1H3,(H,33,36)/t22-,26+,27-/m1/s1. The minimum atomic E-state index is -0.150. The van der Waals surface area contributed by atoms with Crippen LogP contribution in [0.2, 0.25) is 0 Å². The number of fused-ring (bicyclic) bond motifs is 9. The van der Waals surface area contributed by atoms with E-state index in [-0.39, 0.29) is 18.4 Å². The fraction of sp³-hybridized carbons (Fsp3) is 0.452. The lowest BCUT2D eigenvalue weighted by atomic mass is 9.94. The molecule has 1 N–H and O–H groups in total. The minimum absolute atomic E-state index is 0.0355. The molecule has 2 amide bonds. The number of pyridine rings is 1. The molecule has 204 valence electrons. The van der Waals surface area contributed by atoms with Gasteiger partial charge in [0.1, 0.15) is 0 Å². The van der Waals surface area contributed by atoms with Crippen molar-refractivity contribution in [3.05, 3.63) is 65.9 Å². The number of amides is 2. The molecule has 0 unspecified atom stereocenters. The van der Waals surface area contributed by atoms with Crippen molar-refractivity contribution in [1.29, 1.82) is 0 Å². The van der Waals surface area contributed by atoms with E-state index in [9.17, 15) is 9.59 Å². The molecule has 8 heteroatoms. The van der Waals surface area contributed by atoms with Gasteiger partial charge in [-0.25, -0.2) is 0 Å². The van der Waals surface area contributed by atoms with Crippen LogP contribution >= 0.6 is 0 Å². The normalized spacial score (nSPS) is 24.2. The van der Waals surface area contributed by atoms with Crippen LogP contribution in [0.25, 0.3) is 10.9 Å². The first kappa shape index (κ1) is 25.6. The third-order valence-electron chi connectivity index (χ3n) is 8.52. The van der Waals surface area contributed by atoms with Crippen molar-refractivity contribution in [2.45, 2.75) is 44.2 Å². The number of hydrogen-bond acceptors (Lipinski definition) is 6. The Morgan fingerprint density at radius 3 is 2.92 bits per heavy atom. The molecule has 6 rings (SSSR count). The van der Waals surface area contributed by atoms with Crippen LogP contribution in [0.5, 0.6) is 11.5 Å². The Morgan fingerprint density at radius 1 is 1.10 bits per heavy atom. The van der Waals surface area contributed by atoms with Crippen molar-refractivity contribution in [1.82, 2.24) is 20.1 Å². The highest BCUT2D eigenvalue weighted by atomic mass is 16.5. The fourth-order valence-corrected chi connectivity index (χ4v) is 6.62. The van der Waals surface area contributed by atoms with E-state index in [1.54, 1.807) is 18.2 Å². The van der Waals surface area contributed by atoms with Gasteiger partial charge in [0.25, 0.3) is 5.91 Å². The highest BCUT2D eigenvalue weighted by molar-refractivity contribution is 6.07. The Balaban J connectivity index is 1.26. The Kier molecular flexibility index (Phi) is 7.37. The van der Waals surface area contributed by atoms with Gasteiger partial charge in [-0.2, -0.15) is 0 Å². The maximum Gasteiger partial charge on any atom is 0.255 e. The molecule has 2 saturated heterocycles. The molecule has 0 saturated carbocycles. The smallest absolute Gasteiger partial charge is 0.255 e. The van der Waals surface area contributed by atoms with E-state index in [0.29, 0.717) is 49.7 Å². The molecule has 0 spiro atoms. The molecule has 8 nitrogen and oxygen atoms in total. The molecule has 0 radical (unpaired) electrons. The van der Waals surface area contributed by atoms with Crippen molar-refractivity contribution in [2.75, 3.05) is 39.9 Å². The van der Waals surface area contributed by atoms with Gasteiger partial charge in [-0.15, -0.1) is 0 Å². The second kappa shape index (κ2) is 11.2. The monoisotopic (exact) mass is 528 g/mol. The number of aromatic nitrogens is 1. The van der Waals surface area contributed by atoms with Gasteiger partial charge >= 0.3 is 0 Å². The molecule has 0 aliphatic carbocycles. The molecule has 3 aromatic rings. The SMILES string of the molecule is COc1ccc2cc1OCCCCN(C(=O)c1cccc3ncccc13)CC(=O)NC[C@H]1C[C@H]2N2CCC[C@@H]12. The summed E-state index contributed by atoms with van der Waals surface area (Å²) >= 11 is 0. The van der Waals surface area contributed by atoms with Crippen LogP contribution in [0.15, 0.2) is 54.7 Å². The molecule has 4 bridgehead atoms. The fourth-order valence-electron chi connectivity index (χ4n) is 6.62. The van der Waals surface area contributed by atoms with Crippen LogP contribution in [0, 0.1) is 5.92 Å². The van der Waals surface area contributed by atoms with Crippen molar-refractivity contribution in [3.63, 3.8) is 0 Å². The van der Waals surface area contributed by atoms with Crippen molar-refractivity contribution >= 4 is 22.7 Å². The molecule has 2 fully saturated rings. The largest absolute Gasteiger partial charge is 0.493 e. The van der Waals surface area contributed by atoms with Crippen molar-refractivity contribution < 1.29 is 19.1 Å². The summed E-state index contributed by atoms with van der Waals surface area (Å²) in [6.45, 7) is 2.70. The number of nitrogens with zero attached hydrogens (tertiary/aromatic N) is 3. The number of nitrogens with one attached hydrogen (secondary N) is 1. The number of carbonyl (C=O) groups is 2. The van der Waals surface area contributed by atoms with E-state index < -0.39 is 0 Å². The van der Waals surface area contributed by atoms with Crippen LogP contribution in [0.4, 0.5) is 0 Å². The van der Waals surface area contributed by atoms with E-state index >= 15 is 0 Å². The topological polar surface area (TPSA) is 84.0 Å². The van der Waals surface area contributed by atoms with Gasteiger partial charge < -0.3 is 19.7 Å². The summed E-state index contributed by atoms with van der Waals surface area (Å²) < 4.78 is 11.8. The summed E-state index contributed by atoms with van der Waals surface area (Å²) in [5, 5.41) is 3.98. The zero-order valence-corrected chi connectivity index (χ0v) is 22.5. The summed E-state index contributed by atoms with van der Waals surface area (Å²) in [7, 11) is 1.67. The van der Waals surface area contributed by atoms with Gasteiger partial charge in [-0.3, -0.25) is 19.5 Å². The maximum absolute atomic E-state index is 13.7. The molecule has 3 aliphatic rings. The number of hydrogen-bond donors (Lipinski definition) is 1. The van der Waals surface area contributed by atoms with Crippen molar-refractivity contribution in [3.8, 4) is 11.5 Å². The van der Waals surface area contributed by atoms with E-state index in [4.69, 9.17) is 9.47 Å². The van der Waals surface area contributed by atoms with Crippen LogP contribution in [-0.4, -0.2) is 72.5 Å². The molecule has 3 atom stereocenters. The second-order valence-corrected chi connectivity index (χ2v) is 10.8. The van der Waals surface area contributed by atoms with E-state index in [1.165, 1.54) is 12.0 Å². The maximum atomic E-state index is 13.7. The van der Waals surface area contributed by atoms with Gasteiger partial charge in [-0.1, -0.05) is 18.2 Å². The highest BCUT2D eigenvalue weighted by Crippen LogP contribution is 2.46. The van der Waals surface area contributed by atoms with E-state index in [1.807, 2.05) is 36.4 Å². The number of carbonyl (C=O) groups excluding carboxylic acids is 2. The molecule has 4 heterocycles. The average Bonchev–Trinajstić information content (AvgIpc) is 3.57. The summed E-state index contributed by atoms with van der Waals surface area (Å²) in [5.74, 6) is 1.62. The highest BCUT2D eigenvalue weighted by Gasteiger charge is 2.44. The van der Waals surface area contributed by atoms with Gasteiger partial charge in [-0.05, 0) is 80.5 Å². The van der Waals surface area contributed by atoms with Gasteiger partial charge in [0.05, 0.1) is 25.8 Å². The summed E-state index contributed by atoms with van der Waals surface area (Å²) in [4.78, 5) is 35.6. The summed E-state index contributed by atoms with van der Waals surface area (Å²) in [6.07, 6.45) is 6.49. The first-order valence-corrected chi connectivity index (χ1v) is 14.1. The van der Waals surface area contributed by atoms with Crippen molar-refractivity contribution in [2.24, 2.45) is 5.92 Å². The molecular formula is C31H36N4O4. The van der Waals surface area contributed by atoms with E-state index in [2.05, 4.69) is 27.3 Å². The molecular weight excluding hydrogens is 492 g/mol. The Morgan fingerprint density at radius 2 is 2.03 bits per heavy atom. The lowest BCUT2D eigenvalue weighted by molar-refractivity contribution is -0.122. The van der Waals surface area contributed by atoms with Gasteiger partial charge in [0.15, 0.2) is 11.5 Å². The molecule has 1 aromatic heterocycles. The Labute approximate surface area is 229 Å². The third kappa shape index (κ3) is 5.17. The average molecular weight is 529 g/mol. The van der Waals surface area contributed by atoms with Crippen LogP contribution < -0.4 is 14.8 Å². The summed E-state index contributed by atoms with van der Waals surface area (Å²) in [5.41, 5.74) is 2.59. The number of benzene rings is 2. The molecule has 3 aliphatic heterocycles. The molecule has 2 aromatic carbocycles. The second-order valence-electron chi connectivity index (χ2n) is 10.8. The zero-order valence-electron chi connectivity index (χ0n) is 22.5. The lowest BCUT2D eigenvalue weighted by Crippen LogP contribution is -2.43. The molecule has 39 heavy (non-hydrogen) atoms. The predicted molar refractivity (Wildman–Crippen MR) is 149 cm³/mol. The lowest BCUT2D eigenvalue weighted by Gasteiger charge is -2.25. The van der Waals surface area contributed by atoms with Gasteiger partial charge in [0, 0.05) is 42.3 Å². The zero-order chi connectivity index (χ0) is 26.8. The van der Waals surface area contributed by atoms with Crippen LogP contribution in [0.3, 0.4) is 0 Å². The first-order chi connectivity index (χ1) is 19.1. The Hall–Kier alpha value is -3.65. The van der Waals surface area contributed by atoms with E-state index in [0.717, 1.165) is 48.2 Å². The van der Waals surface area contributed by atoms with Crippen LogP contribution in [-0.2, 0) is 4.79 Å². The van der Waals surface area contributed by atoms with Gasteiger partial charge in [0.2, 0.25) is 5.91 Å². The minimum Gasteiger partial charge on any atom is -0.493 e. The Bertz CT molecular complexity index is 1360. The third-order valence-corrected chi connectivity index (χ3v) is 8.52. The number of ether oxygens (including phenoxy) is 2. The predicted octanol–water partition coefficient (Wildman–Crippen LogP) is 4.20. The quantitative estimate of drug-likeness (QED) is 0.537. The summed E-state index contributed by atoms with van der Waals surface area (Å²) in [6, 6.07) is 16.4.